The molecular formula is C29H33N7O3. The first-order valence-electron chi connectivity index (χ1n) is 13.4. The molecule has 1 saturated carbocycles. The Hall–Kier alpha value is -3.89. The van der Waals surface area contributed by atoms with Gasteiger partial charge in [-0.05, 0) is 37.3 Å². The minimum atomic E-state index is -0.604. The summed E-state index contributed by atoms with van der Waals surface area (Å²) in [5.74, 6) is 0.801. The Labute approximate surface area is 227 Å². The third-order valence-corrected chi connectivity index (χ3v) is 8.02. The van der Waals surface area contributed by atoms with Crippen LogP contribution in [0.15, 0.2) is 61.4 Å². The Bertz CT molecular complexity index is 1440. The van der Waals surface area contributed by atoms with Gasteiger partial charge in [0.2, 0.25) is 5.91 Å². The highest BCUT2D eigenvalue weighted by atomic mass is 16.5. The van der Waals surface area contributed by atoms with Crippen molar-refractivity contribution in [2.24, 2.45) is 13.0 Å². The van der Waals surface area contributed by atoms with Crippen LogP contribution in [0.5, 0.6) is 0 Å². The van der Waals surface area contributed by atoms with E-state index in [0.717, 1.165) is 53.5 Å². The first kappa shape index (κ1) is 25.4. The number of carbonyl (C=O) groups excluding carboxylic acids is 1. The number of aliphatic hydroxyl groups is 1. The molecule has 0 radical (unpaired) electrons. The zero-order chi connectivity index (χ0) is 26.9. The lowest BCUT2D eigenvalue weighted by Gasteiger charge is -2.30. The standard InChI is InChI=1S/C29H33N7O3/c1-34-15-23(13-32-34)20-4-3-5-21(10-20)28-30-11-22(12-31-28)24-14-33-36(16-24)25-8-6-19(7-9-25)29(38)35-17-26(37)27(18-35)39-2/h3-5,10-16,19,25-27,37H,6-9,17-18H2,1-2H3/t19-,25-,26-,27-/m0/s1. The molecule has 2 fully saturated rings. The van der Waals surface area contributed by atoms with Gasteiger partial charge in [0, 0.05) is 80.2 Å². The molecule has 1 amide bonds. The molecule has 0 bridgehead atoms. The second-order valence-corrected chi connectivity index (χ2v) is 10.6. The summed E-state index contributed by atoms with van der Waals surface area (Å²) >= 11 is 0. The van der Waals surface area contributed by atoms with Crippen LogP contribution in [0.2, 0.25) is 0 Å². The van der Waals surface area contributed by atoms with Gasteiger partial charge in [0.1, 0.15) is 6.10 Å². The number of carbonyl (C=O) groups is 1. The van der Waals surface area contributed by atoms with E-state index in [2.05, 4.69) is 32.3 Å². The molecule has 39 heavy (non-hydrogen) atoms. The van der Waals surface area contributed by atoms with Crippen LogP contribution in [0.1, 0.15) is 31.7 Å². The van der Waals surface area contributed by atoms with Crippen molar-refractivity contribution in [3.05, 3.63) is 61.4 Å². The Morgan fingerprint density at radius 3 is 2.31 bits per heavy atom. The summed E-state index contributed by atoms with van der Waals surface area (Å²) in [7, 11) is 3.48. The minimum Gasteiger partial charge on any atom is -0.388 e. The molecule has 2 atom stereocenters. The number of hydrogen-bond donors (Lipinski definition) is 1. The van der Waals surface area contributed by atoms with Crippen LogP contribution in [0, 0.1) is 5.92 Å². The molecule has 0 unspecified atom stereocenters. The topological polar surface area (TPSA) is 111 Å². The summed E-state index contributed by atoms with van der Waals surface area (Å²) in [6, 6.07) is 8.41. The number of nitrogens with zero attached hydrogens (tertiary/aromatic N) is 7. The van der Waals surface area contributed by atoms with E-state index >= 15 is 0 Å². The largest absolute Gasteiger partial charge is 0.388 e. The Kier molecular flexibility index (Phi) is 6.97. The van der Waals surface area contributed by atoms with Gasteiger partial charge in [0.05, 0.1) is 24.5 Å². The average molecular weight is 528 g/mol. The smallest absolute Gasteiger partial charge is 0.225 e. The number of methoxy groups -OCH3 is 1. The molecule has 1 aromatic carbocycles. The zero-order valence-corrected chi connectivity index (χ0v) is 22.2. The van der Waals surface area contributed by atoms with Crippen molar-refractivity contribution in [3.8, 4) is 33.6 Å². The van der Waals surface area contributed by atoms with Crippen LogP contribution in [0.4, 0.5) is 0 Å². The predicted molar refractivity (Wildman–Crippen MR) is 145 cm³/mol. The highest BCUT2D eigenvalue weighted by Crippen LogP contribution is 2.34. The van der Waals surface area contributed by atoms with Crippen LogP contribution in [-0.2, 0) is 16.6 Å². The van der Waals surface area contributed by atoms with Gasteiger partial charge in [0.25, 0.3) is 0 Å². The van der Waals surface area contributed by atoms with Crippen molar-refractivity contribution in [1.82, 2.24) is 34.4 Å². The van der Waals surface area contributed by atoms with Crippen molar-refractivity contribution in [2.75, 3.05) is 20.2 Å². The molecular weight excluding hydrogens is 494 g/mol. The zero-order valence-electron chi connectivity index (χ0n) is 22.2. The summed E-state index contributed by atoms with van der Waals surface area (Å²) in [5.41, 5.74) is 4.96. The van der Waals surface area contributed by atoms with Gasteiger partial charge in [-0.25, -0.2) is 9.97 Å². The fourth-order valence-corrected chi connectivity index (χ4v) is 5.73. The number of aliphatic hydroxyl groups excluding tert-OH is 1. The molecule has 202 valence electrons. The number of amides is 1. The van der Waals surface area contributed by atoms with Gasteiger partial charge in [-0.1, -0.05) is 18.2 Å². The first-order valence-corrected chi connectivity index (χ1v) is 13.4. The molecule has 0 spiro atoms. The summed E-state index contributed by atoms with van der Waals surface area (Å²) in [4.78, 5) is 24.0. The molecule has 1 aliphatic carbocycles. The van der Waals surface area contributed by atoms with Crippen LogP contribution in [0.25, 0.3) is 33.6 Å². The van der Waals surface area contributed by atoms with E-state index in [1.54, 1.807) is 16.7 Å². The van der Waals surface area contributed by atoms with Crippen molar-refractivity contribution in [1.29, 1.82) is 0 Å². The molecule has 1 saturated heterocycles. The van der Waals surface area contributed by atoms with Gasteiger partial charge < -0.3 is 14.7 Å². The molecule has 6 rings (SSSR count). The van der Waals surface area contributed by atoms with E-state index in [4.69, 9.17) is 4.74 Å². The lowest BCUT2D eigenvalue weighted by atomic mass is 9.85. The van der Waals surface area contributed by atoms with E-state index in [1.807, 2.05) is 61.0 Å². The maximum Gasteiger partial charge on any atom is 0.225 e. The molecule has 1 aliphatic heterocycles. The monoisotopic (exact) mass is 527 g/mol. The van der Waals surface area contributed by atoms with Crippen molar-refractivity contribution >= 4 is 5.91 Å². The first-order chi connectivity index (χ1) is 19.0. The maximum absolute atomic E-state index is 13.0. The van der Waals surface area contributed by atoms with E-state index in [9.17, 15) is 9.90 Å². The summed E-state index contributed by atoms with van der Waals surface area (Å²) in [6.45, 7) is 0.826. The van der Waals surface area contributed by atoms with Gasteiger partial charge in [-0.3, -0.25) is 14.2 Å². The quantitative estimate of drug-likeness (QED) is 0.409. The number of aromatic nitrogens is 6. The molecule has 1 N–H and O–H groups in total. The van der Waals surface area contributed by atoms with Crippen LogP contribution in [0.3, 0.4) is 0 Å². The predicted octanol–water partition coefficient (Wildman–Crippen LogP) is 3.36. The van der Waals surface area contributed by atoms with E-state index in [0.29, 0.717) is 18.9 Å². The van der Waals surface area contributed by atoms with Gasteiger partial charge in [-0.15, -0.1) is 0 Å². The van der Waals surface area contributed by atoms with E-state index in [-0.39, 0.29) is 24.0 Å². The number of likely N-dealkylation sites (tertiary alicyclic amines) is 1. The molecule has 4 heterocycles. The van der Waals surface area contributed by atoms with Crippen molar-refractivity contribution < 1.29 is 14.6 Å². The fraction of sp³-hybridized carbons (Fsp3) is 0.414. The Morgan fingerprint density at radius 2 is 1.62 bits per heavy atom. The second-order valence-electron chi connectivity index (χ2n) is 10.6. The van der Waals surface area contributed by atoms with Crippen LogP contribution in [-0.4, -0.2) is 77.8 Å². The lowest BCUT2D eigenvalue weighted by molar-refractivity contribution is -0.136. The normalized spacial score (nSPS) is 23.3. The van der Waals surface area contributed by atoms with Gasteiger partial charge >= 0.3 is 0 Å². The summed E-state index contributed by atoms with van der Waals surface area (Å²) in [5, 5.41) is 19.0. The second kappa shape index (κ2) is 10.7. The highest BCUT2D eigenvalue weighted by Gasteiger charge is 2.38. The minimum absolute atomic E-state index is 0.00307. The van der Waals surface area contributed by atoms with Crippen LogP contribution < -0.4 is 0 Å². The number of hydrogen-bond acceptors (Lipinski definition) is 7. The number of aryl methyl sites for hydroxylation is 1. The van der Waals surface area contributed by atoms with Crippen LogP contribution >= 0.6 is 0 Å². The number of β-amino-alcohol motifs (C(OH)–C–C–N with tert-alkyl or cyclic N) is 1. The Balaban J connectivity index is 1.08. The maximum atomic E-state index is 13.0. The molecule has 2 aliphatic rings. The van der Waals surface area contributed by atoms with Gasteiger partial charge in [-0.2, -0.15) is 10.2 Å². The molecule has 3 aromatic heterocycles. The third-order valence-electron chi connectivity index (χ3n) is 8.02. The molecule has 4 aromatic rings. The van der Waals surface area contributed by atoms with Gasteiger partial charge in [0.15, 0.2) is 5.82 Å². The molecule has 10 nitrogen and oxygen atoms in total. The number of rotatable bonds is 6. The third kappa shape index (κ3) is 5.22. The summed E-state index contributed by atoms with van der Waals surface area (Å²) in [6.07, 6.45) is 14.0. The Morgan fingerprint density at radius 1 is 0.897 bits per heavy atom. The van der Waals surface area contributed by atoms with E-state index < -0.39 is 6.10 Å². The van der Waals surface area contributed by atoms with Crippen molar-refractivity contribution in [2.45, 2.75) is 43.9 Å². The number of benzene rings is 1. The SMILES string of the molecule is CO[C@H]1CN(C(=O)[C@H]2CC[C@H](n3cc(-c4cnc(-c5cccc(-c6cnn(C)c6)c5)nc4)cn3)CC2)C[C@@H]1O. The average Bonchev–Trinajstić information content (AvgIpc) is 3.73. The highest BCUT2D eigenvalue weighted by molar-refractivity contribution is 5.79. The number of ether oxygens (including phenoxy) is 1. The van der Waals surface area contributed by atoms with Crippen molar-refractivity contribution in [3.63, 3.8) is 0 Å². The van der Waals surface area contributed by atoms with E-state index in [1.165, 1.54) is 0 Å². The molecule has 10 heteroatoms. The lowest BCUT2D eigenvalue weighted by Crippen LogP contribution is -2.37. The fourth-order valence-electron chi connectivity index (χ4n) is 5.73. The summed E-state index contributed by atoms with van der Waals surface area (Å²) < 4.78 is 9.09.